The third-order valence-electron chi connectivity index (χ3n) is 5.32. The number of rotatable bonds is 7. The van der Waals surface area contributed by atoms with Gasteiger partial charge < -0.3 is 15.0 Å². The molecule has 1 unspecified atom stereocenters. The van der Waals surface area contributed by atoms with E-state index in [1.807, 2.05) is 41.4 Å². The number of ether oxygens (including phenoxy) is 1. The van der Waals surface area contributed by atoms with Gasteiger partial charge in [0.15, 0.2) is 0 Å². The third kappa shape index (κ3) is 3.85. The van der Waals surface area contributed by atoms with Gasteiger partial charge in [0.05, 0.1) is 13.3 Å². The average Bonchev–Trinajstić information content (AvgIpc) is 3.40. The first-order chi connectivity index (χ1) is 14.2. The lowest BCUT2D eigenvalue weighted by Crippen LogP contribution is -2.27. The van der Waals surface area contributed by atoms with Crippen LogP contribution >= 0.6 is 0 Å². The molecule has 0 spiro atoms. The summed E-state index contributed by atoms with van der Waals surface area (Å²) in [6, 6.07) is 13.4. The lowest BCUT2D eigenvalue weighted by Gasteiger charge is -2.18. The van der Waals surface area contributed by atoms with E-state index in [2.05, 4.69) is 15.5 Å². The zero-order chi connectivity index (χ0) is 20.2. The van der Waals surface area contributed by atoms with E-state index in [9.17, 15) is 9.59 Å². The number of anilines is 2. The van der Waals surface area contributed by atoms with Crippen LogP contribution in [0, 0.1) is 5.92 Å². The molecule has 1 aliphatic heterocycles. The van der Waals surface area contributed by atoms with Crippen molar-refractivity contribution in [2.24, 2.45) is 5.92 Å². The van der Waals surface area contributed by atoms with Crippen molar-refractivity contribution in [3.05, 3.63) is 60.4 Å². The van der Waals surface area contributed by atoms with E-state index in [4.69, 9.17) is 4.74 Å². The van der Waals surface area contributed by atoms with Gasteiger partial charge in [0.2, 0.25) is 12.3 Å². The van der Waals surface area contributed by atoms with Crippen LogP contribution in [0.15, 0.2) is 54.9 Å². The van der Waals surface area contributed by atoms with E-state index in [1.54, 1.807) is 25.4 Å². The van der Waals surface area contributed by atoms with Gasteiger partial charge in [-0.2, -0.15) is 5.10 Å². The number of methoxy groups -OCH3 is 1. The monoisotopic (exact) mass is 390 g/mol. The summed E-state index contributed by atoms with van der Waals surface area (Å²) in [5, 5.41) is 9.48. The number of amides is 2. The van der Waals surface area contributed by atoms with Crippen LogP contribution in [0.2, 0.25) is 0 Å². The number of aromatic nitrogens is 2. The Morgan fingerprint density at radius 1 is 1.24 bits per heavy atom. The molecule has 2 N–H and O–H groups in total. The molecule has 7 heteroatoms. The van der Waals surface area contributed by atoms with Gasteiger partial charge in [-0.25, -0.2) is 0 Å². The van der Waals surface area contributed by atoms with Gasteiger partial charge in [-0.1, -0.05) is 12.1 Å². The fourth-order valence-electron chi connectivity index (χ4n) is 3.76. The zero-order valence-corrected chi connectivity index (χ0v) is 16.1. The van der Waals surface area contributed by atoms with E-state index < -0.39 is 0 Å². The van der Waals surface area contributed by atoms with Crippen LogP contribution in [-0.2, 0) is 16.0 Å². The molecule has 2 amide bonds. The van der Waals surface area contributed by atoms with E-state index in [0.717, 1.165) is 28.8 Å². The molecular formula is C22H22N4O3. The SMILES string of the molecule is COc1ccc(NC=O)c(CC2CCN(c3ccc(-c4cn[nH]c4)cc3)C2=O)c1. The Hall–Kier alpha value is -3.61. The number of hydrogen-bond acceptors (Lipinski definition) is 4. The van der Waals surface area contributed by atoms with Gasteiger partial charge in [-0.3, -0.25) is 14.7 Å². The van der Waals surface area contributed by atoms with E-state index in [-0.39, 0.29) is 11.8 Å². The van der Waals surface area contributed by atoms with Crippen molar-refractivity contribution in [1.82, 2.24) is 10.2 Å². The molecule has 148 valence electrons. The maximum absolute atomic E-state index is 13.0. The Morgan fingerprint density at radius 2 is 2.07 bits per heavy atom. The Balaban J connectivity index is 1.50. The van der Waals surface area contributed by atoms with Crippen molar-refractivity contribution < 1.29 is 14.3 Å². The molecule has 1 atom stereocenters. The minimum absolute atomic E-state index is 0.0981. The van der Waals surface area contributed by atoms with E-state index in [0.29, 0.717) is 30.8 Å². The normalized spacial score (nSPS) is 16.1. The van der Waals surface area contributed by atoms with Crippen LogP contribution < -0.4 is 15.0 Å². The summed E-state index contributed by atoms with van der Waals surface area (Å²) in [5.41, 5.74) is 4.55. The van der Waals surface area contributed by atoms with Gasteiger partial charge in [-0.05, 0) is 54.3 Å². The minimum atomic E-state index is -0.136. The molecular weight excluding hydrogens is 368 g/mol. The number of benzene rings is 2. The standard InChI is InChI=1S/C22H22N4O3/c1-29-20-6-7-21(23-14-27)17(11-20)10-16-8-9-26(22(16)28)19-4-2-15(3-5-19)18-12-24-25-13-18/h2-7,11-14,16H,8-10H2,1H3,(H,23,27)(H,24,25). The Morgan fingerprint density at radius 3 is 2.76 bits per heavy atom. The molecule has 1 fully saturated rings. The highest BCUT2D eigenvalue weighted by Crippen LogP contribution is 2.32. The molecule has 3 aromatic rings. The van der Waals surface area contributed by atoms with Crippen LogP contribution in [0.25, 0.3) is 11.1 Å². The fourth-order valence-corrected chi connectivity index (χ4v) is 3.76. The first kappa shape index (κ1) is 18.7. The van der Waals surface area contributed by atoms with Crippen LogP contribution in [0.3, 0.4) is 0 Å². The lowest BCUT2D eigenvalue weighted by atomic mass is 9.96. The Kier molecular flexibility index (Phi) is 5.29. The molecule has 0 saturated carbocycles. The summed E-state index contributed by atoms with van der Waals surface area (Å²) >= 11 is 0. The minimum Gasteiger partial charge on any atom is -0.497 e. The molecule has 4 rings (SSSR count). The van der Waals surface area contributed by atoms with Crippen molar-refractivity contribution in [2.45, 2.75) is 12.8 Å². The third-order valence-corrected chi connectivity index (χ3v) is 5.32. The molecule has 2 heterocycles. The second kappa shape index (κ2) is 8.18. The Labute approximate surface area is 168 Å². The molecule has 7 nitrogen and oxygen atoms in total. The van der Waals surface area contributed by atoms with Gasteiger partial charge in [0.25, 0.3) is 0 Å². The van der Waals surface area contributed by atoms with Gasteiger partial charge in [0.1, 0.15) is 5.75 Å². The van der Waals surface area contributed by atoms with Crippen molar-refractivity contribution >= 4 is 23.7 Å². The first-order valence-electron chi connectivity index (χ1n) is 9.47. The average molecular weight is 390 g/mol. The number of carbonyl (C=O) groups is 2. The summed E-state index contributed by atoms with van der Waals surface area (Å²) < 4.78 is 5.29. The zero-order valence-electron chi connectivity index (χ0n) is 16.1. The smallest absolute Gasteiger partial charge is 0.230 e. The maximum atomic E-state index is 13.0. The summed E-state index contributed by atoms with van der Waals surface area (Å²) in [4.78, 5) is 25.8. The summed E-state index contributed by atoms with van der Waals surface area (Å²) in [6.45, 7) is 0.676. The number of H-pyrrole nitrogens is 1. The second-order valence-electron chi connectivity index (χ2n) is 7.00. The van der Waals surface area contributed by atoms with Crippen LogP contribution in [0.5, 0.6) is 5.75 Å². The second-order valence-corrected chi connectivity index (χ2v) is 7.00. The number of nitrogens with one attached hydrogen (secondary N) is 2. The number of carbonyl (C=O) groups excluding carboxylic acids is 2. The highest BCUT2D eigenvalue weighted by molar-refractivity contribution is 5.97. The molecule has 0 aliphatic carbocycles. The molecule has 0 radical (unpaired) electrons. The summed E-state index contributed by atoms with van der Waals surface area (Å²) in [7, 11) is 1.60. The molecule has 1 aromatic heterocycles. The number of aromatic amines is 1. The topological polar surface area (TPSA) is 87.3 Å². The van der Waals surface area contributed by atoms with Gasteiger partial charge in [0, 0.05) is 35.6 Å². The largest absolute Gasteiger partial charge is 0.497 e. The summed E-state index contributed by atoms with van der Waals surface area (Å²) in [6.07, 6.45) is 5.57. The molecule has 0 bridgehead atoms. The van der Waals surface area contributed by atoms with Crippen LogP contribution in [0.4, 0.5) is 11.4 Å². The van der Waals surface area contributed by atoms with Crippen molar-refractivity contribution in [1.29, 1.82) is 0 Å². The Bertz CT molecular complexity index is 999. The lowest BCUT2D eigenvalue weighted by molar-refractivity contribution is -0.120. The van der Waals surface area contributed by atoms with Crippen LogP contribution in [0.1, 0.15) is 12.0 Å². The molecule has 1 saturated heterocycles. The van der Waals surface area contributed by atoms with E-state index >= 15 is 0 Å². The number of hydrogen-bond donors (Lipinski definition) is 2. The molecule has 29 heavy (non-hydrogen) atoms. The quantitative estimate of drug-likeness (QED) is 0.606. The first-order valence-corrected chi connectivity index (χ1v) is 9.47. The predicted octanol–water partition coefficient (Wildman–Crippen LogP) is 3.25. The fraction of sp³-hybridized carbons (Fsp3) is 0.227. The highest BCUT2D eigenvalue weighted by atomic mass is 16.5. The highest BCUT2D eigenvalue weighted by Gasteiger charge is 2.33. The van der Waals surface area contributed by atoms with Crippen LogP contribution in [-0.4, -0.2) is 36.2 Å². The molecule has 1 aliphatic rings. The van der Waals surface area contributed by atoms with Gasteiger partial charge >= 0.3 is 0 Å². The predicted molar refractivity (Wildman–Crippen MR) is 111 cm³/mol. The number of nitrogens with zero attached hydrogens (tertiary/aromatic N) is 2. The van der Waals surface area contributed by atoms with Crippen molar-refractivity contribution in [2.75, 3.05) is 23.9 Å². The van der Waals surface area contributed by atoms with Crippen molar-refractivity contribution in [3.8, 4) is 16.9 Å². The maximum Gasteiger partial charge on any atom is 0.230 e. The van der Waals surface area contributed by atoms with E-state index in [1.165, 1.54) is 0 Å². The summed E-state index contributed by atoms with van der Waals surface area (Å²) in [5.74, 6) is 0.664. The van der Waals surface area contributed by atoms with Gasteiger partial charge in [-0.15, -0.1) is 0 Å². The van der Waals surface area contributed by atoms with Crippen molar-refractivity contribution in [3.63, 3.8) is 0 Å². The molecule has 2 aromatic carbocycles.